The van der Waals surface area contributed by atoms with E-state index in [0.717, 1.165) is 23.6 Å². The van der Waals surface area contributed by atoms with E-state index >= 15 is 0 Å². The molecule has 2 aliphatic rings. The Morgan fingerprint density at radius 1 is 0.581 bits per heavy atom. The van der Waals surface area contributed by atoms with Crippen LogP contribution in [0.1, 0.15) is 50.1 Å². The van der Waals surface area contributed by atoms with Gasteiger partial charge in [-0.15, -0.1) is 0 Å². The first-order chi connectivity index (χ1) is 15.1. The minimum absolute atomic E-state index is 0.393. The van der Waals surface area contributed by atoms with Gasteiger partial charge < -0.3 is 5.11 Å². The van der Waals surface area contributed by atoms with Gasteiger partial charge in [0.2, 0.25) is 0 Å². The molecule has 0 fully saturated rings. The highest BCUT2D eigenvalue weighted by Crippen LogP contribution is 2.35. The molecule has 0 bridgehead atoms. The summed E-state index contributed by atoms with van der Waals surface area (Å²) in [6.07, 6.45) is 1.82. The molecule has 6 rings (SSSR count). The van der Waals surface area contributed by atoms with Gasteiger partial charge in [0, 0.05) is 10.8 Å². The van der Waals surface area contributed by atoms with Crippen LogP contribution in [0.3, 0.4) is 0 Å². The lowest BCUT2D eigenvalue weighted by molar-refractivity contribution is 0.504. The van der Waals surface area contributed by atoms with Gasteiger partial charge in [-0.1, -0.05) is 90.0 Å². The van der Waals surface area contributed by atoms with Crippen LogP contribution in [0.5, 0.6) is 0 Å². The number of hydrogen-bond acceptors (Lipinski definition) is 1. The minimum atomic E-state index is 0.393. The van der Waals surface area contributed by atoms with E-state index in [1.165, 1.54) is 55.3 Å². The average Bonchev–Trinajstić information content (AvgIpc) is 2.77. The fraction of sp³-hybridized carbons (Fsp3) is 0.133. The highest BCUT2D eigenvalue weighted by Gasteiger charge is 2.22. The molecular formula is C30H24O. The molecule has 4 aromatic rings. The molecule has 0 radical (unpaired) electrons. The van der Waals surface area contributed by atoms with E-state index in [0.29, 0.717) is 5.76 Å². The summed E-state index contributed by atoms with van der Waals surface area (Å²) in [7, 11) is 0. The zero-order chi connectivity index (χ0) is 21.1. The van der Waals surface area contributed by atoms with E-state index in [-0.39, 0.29) is 0 Å². The van der Waals surface area contributed by atoms with Gasteiger partial charge in [-0.05, 0) is 70.9 Å². The summed E-state index contributed by atoms with van der Waals surface area (Å²) >= 11 is 0. The van der Waals surface area contributed by atoms with Crippen LogP contribution in [0.4, 0.5) is 0 Å². The Bertz CT molecular complexity index is 1450. The summed E-state index contributed by atoms with van der Waals surface area (Å²) in [5.74, 6) is 0.393. The van der Waals surface area contributed by atoms with E-state index in [4.69, 9.17) is 0 Å². The van der Waals surface area contributed by atoms with Gasteiger partial charge in [0.15, 0.2) is 0 Å². The van der Waals surface area contributed by atoms with Crippen molar-refractivity contribution in [3.05, 3.63) is 139 Å². The molecule has 1 N–H and O–H groups in total. The van der Waals surface area contributed by atoms with E-state index < -0.39 is 0 Å². The molecule has 0 saturated heterocycles. The Balaban J connectivity index is 1.68. The van der Waals surface area contributed by atoms with Crippen molar-refractivity contribution in [2.45, 2.75) is 26.7 Å². The summed E-state index contributed by atoms with van der Waals surface area (Å²) in [4.78, 5) is 0. The van der Waals surface area contributed by atoms with E-state index in [9.17, 15) is 5.11 Å². The maximum atomic E-state index is 10.9. The molecular weight excluding hydrogens is 376 g/mol. The number of benzene rings is 4. The highest BCUT2D eigenvalue weighted by atomic mass is 16.3. The highest BCUT2D eigenvalue weighted by molar-refractivity contribution is 5.86. The summed E-state index contributed by atoms with van der Waals surface area (Å²) in [5, 5.41) is 13.1. The first-order valence-corrected chi connectivity index (χ1v) is 10.9. The lowest BCUT2D eigenvalue weighted by atomic mass is 9.79. The number of rotatable bonds is 0. The molecule has 0 atom stereocenters. The lowest BCUT2D eigenvalue weighted by Gasteiger charge is -2.24. The van der Waals surface area contributed by atoms with Gasteiger partial charge >= 0.3 is 0 Å². The summed E-state index contributed by atoms with van der Waals surface area (Å²) in [6, 6.07) is 28.4. The van der Waals surface area contributed by atoms with Crippen LogP contribution in [0, 0.1) is 13.8 Å². The maximum absolute atomic E-state index is 10.9. The topological polar surface area (TPSA) is 20.2 Å². The molecule has 0 heterocycles. The smallest absolute Gasteiger partial charge is 0.130 e. The fourth-order valence-corrected chi connectivity index (χ4v) is 5.27. The second-order valence-corrected chi connectivity index (χ2v) is 8.93. The van der Waals surface area contributed by atoms with E-state index in [1.807, 2.05) is 18.2 Å². The quantitative estimate of drug-likeness (QED) is 0.385. The van der Waals surface area contributed by atoms with Gasteiger partial charge in [-0.25, -0.2) is 0 Å². The molecule has 2 aliphatic carbocycles. The van der Waals surface area contributed by atoms with Crippen LogP contribution in [0.25, 0.3) is 11.3 Å². The number of fused-ring (bicyclic) bond motifs is 4. The maximum Gasteiger partial charge on any atom is 0.130 e. The first-order valence-electron chi connectivity index (χ1n) is 10.9. The zero-order valence-electron chi connectivity index (χ0n) is 17.9. The number of aryl methyl sites for hydroxylation is 2. The van der Waals surface area contributed by atoms with Crippen LogP contribution in [-0.2, 0) is 12.8 Å². The van der Waals surface area contributed by atoms with Crippen LogP contribution >= 0.6 is 0 Å². The fourth-order valence-electron chi connectivity index (χ4n) is 5.27. The Morgan fingerprint density at radius 2 is 1.23 bits per heavy atom. The van der Waals surface area contributed by atoms with Gasteiger partial charge in [0.05, 0.1) is 0 Å². The Kier molecular flexibility index (Phi) is 3.94. The molecule has 31 heavy (non-hydrogen) atoms. The SMILES string of the molecule is Cc1ccc2c(c1)Cc1cc(C)ccc1C2=c1ccc2c(c1)Cc1ccccc1C=2O. The predicted molar refractivity (Wildman–Crippen MR) is 127 cm³/mol. The number of aliphatic hydroxyl groups is 1. The summed E-state index contributed by atoms with van der Waals surface area (Å²) < 4.78 is 0. The van der Waals surface area contributed by atoms with Crippen molar-refractivity contribution >= 4 is 11.3 Å². The van der Waals surface area contributed by atoms with Gasteiger partial charge in [0.25, 0.3) is 0 Å². The van der Waals surface area contributed by atoms with Crippen LogP contribution in [0.2, 0.25) is 0 Å². The molecule has 1 heteroatoms. The number of hydrogen-bond donors (Lipinski definition) is 1. The van der Waals surface area contributed by atoms with Crippen molar-refractivity contribution in [1.29, 1.82) is 0 Å². The molecule has 0 saturated carbocycles. The van der Waals surface area contributed by atoms with Crippen LogP contribution < -0.4 is 10.4 Å². The van der Waals surface area contributed by atoms with Gasteiger partial charge in [-0.3, -0.25) is 0 Å². The van der Waals surface area contributed by atoms with Crippen molar-refractivity contribution in [2.75, 3.05) is 0 Å². The molecule has 0 unspecified atom stereocenters. The summed E-state index contributed by atoms with van der Waals surface area (Å²) in [6.45, 7) is 4.33. The predicted octanol–water partition coefficient (Wildman–Crippen LogP) is 5.07. The largest absolute Gasteiger partial charge is 0.507 e. The Hall–Kier alpha value is -3.58. The van der Waals surface area contributed by atoms with E-state index in [1.54, 1.807) is 0 Å². The van der Waals surface area contributed by atoms with Crippen molar-refractivity contribution in [3.8, 4) is 0 Å². The third kappa shape index (κ3) is 2.84. The molecule has 0 spiro atoms. The minimum Gasteiger partial charge on any atom is -0.507 e. The normalized spacial score (nSPS) is 13.9. The van der Waals surface area contributed by atoms with Crippen molar-refractivity contribution in [1.82, 2.24) is 0 Å². The first kappa shape index (κ1) is 18.2. The molecule has 0 aromatic heterocycles. The third-order valence-corrected chi connectivity index (χ3v) is 6.74. The summed E-state index contributed by atoms with van der Waals surface area (Å²) in [5.41, 5.74) is 12.7. The van der Waals surface area contributed by atoms with Crippen LogP contribution in [-0.4, -0.2) is 5.11 Å². The molecule has 1 nitrogen and oxygen atoms in total. The molecule has 0 amide bonds. The Labute approximate surface area is 182 Å². The van der Waals surface area contributed by atoms with Crippen LogP contribution in [0.15, 0.2) is 78.9 Å². The standard InChI is InChI=1S/C30H24O/c1-18-7-10-25-22(13-18)17-23-14-19(2)8-11-26(23)29(25)21-9-12-28-24(16-21)15-20-5-3-4-6-27(20)30(28)31/h3-14,16,31H,15,17H2,1-2H3. The van der Waals surface area contributed by atoms with Crippen molar-refractivity contribution < 1.29 is 5.11 Å². The average molecular weight is 401 g/mol. The molecule has 4 aromatic carbocycles. The molecule has 150 valence electrons. The monoisotopic (exact) mass is 400 g/mol. The third-order valence-electron chi connectivity index (χ3n) is 6.74. The Morgan fingerprint density at radius 3 is 1.94 bits per heavy atom. The second kappa shape index (κ2) is 6.72. The second-order valence-electron chi connectivity index (χ2n) is 8.93. The molecule has 0 aliphatic heterocycles. The van der Waals surface area contributed by atoms with Crippen molar-refractivity contribution in [2.24, 2.45) is 0 Å². The van der Waals surface area contributed by atoms with Gasteiger partial charge in [0.1, 0.15) is 5.76 Å². The number of aliphatic hydroxyl groups excluding tert-OH is 1. The zero-order valence-corrected chi connectivity index (χ0v) is 17.9. The lowest BCUT2D eigenvalue weighted by Crippen LogP contribution is -2.25. The van der Waals surface area contributed by atoms with E-state index in [2.05, 4.69) is 74.5 Å². The van der Waals surface area contributed by atoms with Gasteiger partial charge in [-0.2, -0.15) is 0 Å². The van der Waals surface area contributed by atoms with Crippen molar-refractivity contribution in [3.63, 3.8) is 0 Å².